The number of nitrogens with zero attached hydrogens (tertiary/aromatic N) is 1. The molecule has 1 radical (unpaired) electrons. The molecule has 1 rings (SSSR count). The van der Waals surface area contributed by atoms with Crippen LogP contribution in [0.5, 0.6) is 0 Å². The summed E-state index contributed by atoms with van der Waals surface area (Å²) in [4.78, 5) is 1.78. The summed E-state index contributed by atoms with van der Waals surface area (Å²) in [6, 6.07) is 6.10. The molecule has 63 valence electrons. The van der Waals surface area contributed by atoms with Gasteiger partial charge in [0.25, 0.3) is 0 Å². The second-order valence-corrected chi connectivity index (χ2v) is 2.79. The maximum Gasteiger partial charge on any atom is 0.123 e. The highest BCUT2D eigenvalue weighted by Gasteiger charge is 1.99. The molecule has 0 atom stereocenters. The molecule has 0 amide bonds. The third kappa shape index (κ3) is 1.84. The van der Waals surface area contributed by atoms with Crippen LogP contribution < -0.4 is 0 Å². The first-order valence-electron chi connectivity index (χ1n) is 3.67. The van der Waals surface area contributed by atoms with E-state index in [1.165, 1.54) is 12.1 Å². The molecule has 0 aliphatic heterocycles. The van der Waals surface area contributed by atoms with Crippen LogP contribution in [-0.2, 0) is 0 Å². The van der Waals surface area contributed by atoms with E-state index in [1.54, 1.807) is 17.0 Å². The minimum Gasteiger partial charge on any atom is -0.377 e. The lowest BCUT2D eigenvalue weighted by molar-refractivity contribution is 0.591. The van der Waals surface area contributed by atoms with E-state index in [0.717, 1.165) is 5.56 Å². The second kappa shape index (κ2) is 3.39. The third-order valence-electron chi connectivity index (χ3n) is 1.62. The lowest BCUT2D eigenvalue weighted by Crippen LogP contribution is -2.08. The summed E-state index contributed by atoms with van der Waals surface area (Å²) in [5.41, 5.74) is 1.47. The summed E-state index contributed by atoms with van der Waals surface area (Å²) in [5, 5.41) is 0. The zero-order valence-corrected chi connectivity index (χ0v) is 7.21. The summed E-state index contributed by atoms with van der Waals surface area (Å²) in [5.74, 6) is -0.245. The van der Waals surface area contributed by atoms with E-state index in [2.05, 4.69) is 0 Å². The third-order valence-corrected chi connectivity index (χ3v) is 1.62. The van der Waals surface area contributed by atoms with Crippen molar-refractivity contribution in [3.8, 4) is 0 Å². The molecule has 0 bridgehead atoms. The van der Waals surface area contributed by atoms with Gasteiger partial charge < -0.3 is 4.90 Å². The van der Waals surface area contributed by atoms with Crippen LogP contribution >= 0.6 is 0 Å². The molecular weight excluding hydrogens is 153 g/mol. The highest BCUT2D eigenvalue weighted by Crippen LogP contribution is 2.13. The van der Waals surface area contributed by atoms with Gasteiger partial charge in [-0.25, -0.2) is 4.39 Å². The van der Waals surface area contributed by atoms with Gasteiger partial charge in [-0.15, -0.1) is 0 Å². The molecule has 0 fully saturated rings. The van der Waals surface area contributed by atoms with Crippen molar-refractivity contribution in [2.75, 3.05) is 14.1 Å². The molecule has 1 nitrogen and oxygen atoms in total. The first kappa shape index (κ1) is 8.78. The minimum absolute atomic E-state index is 0.245. The van der Waals surface area contributed by atoms with Crippen LogP contribution in [0.1, 0.15) is 5.56 Å². The van der Waals surface area contributed by atoms with Crippen molar-refractivity contribution in [2.45, 2.75) is 0 Å². The first-order valence-corrected chi connectivity index (χ1v) is 3.67. The zero-order chi connectivity index (χ0) is 9.14. The molecular formula is C10H11FN. The van der Waals surface area contributed by atoms with Crippen LogP contribution in [0.4, 0.5) is 4.39 Å². The molecule has 0 aliphatic rings. The zero-order valence-electron chi connectivity index (χ0n) is 7.21. The summed E-state index contributed by atoms with van der Waals surface area (Å²) < 4.78 is 12.5. The molecule has 1 aromatic rings. The lowest BCUT2D eigenvalue weighted by Gasteiger charge is -2.14. The molecule has 1 aromatic carbocycles. The molecule has 0 aliphatic carbocycles. The Labute approximate surface area is 72.1 Å². The fraction of sp³-hybridized carbons (Fsp3) is 0.200. The number of hydrogen-bond acceptors (Lipinski definition) is 1. The van der Waals surface area contributed by atoms with Gasteiger partial charge in [-0.1, -0.05) is 0 Å². The largest absolute Gasteiger partial charge is 0.377 e. The van der Waals surface area contributed by atoms with E-state index in [0.29, 0.717) is 5.70 Å². The highest BCUT2D eigenvalue weighted by molar-refractivity contribution is 5.59. The Morgan fingerprint density at radius 3 is 2.17 bits per heavy atom. The van der Waals surface area contributed by atoms with Crippen molar-refractivity contribution in [2.24, 2.45) is 0 Å². The van der Waals surface area contributed by atoms with Gasteiger partial charge >= 0.3 is 0 Å². The summed E-state index contributed by atoms with van der Waals surface area (Å²) in [7, 11) is 3.69. The van der Waals surface area contributed by atoms with Crippen molar-refractivity contribution in [1.82, 2.24) is 4.90 Å². The highest BCUT2D eigenvalue weighted by atomic mass is 19.1. The maximum atomic E-state index is 12.5. The monoisotopic (exact) mass is 164 g/mol. The normalized spacial score (nSPS) is 9.58. The van der Waals surface area contributed by atoms with E-state index in [-0.39, 0.29) is 5.82 Å². The Morgan fingerprint density at radius 2 is 1.75 bits per heavy atom. The van der Waals surface area contributed by atoms with Gasteiger partial charge in [0.15, 0.2) is 0 Å². The average molecular weight is 164 g/mol. The molecule has 0 saturated heterocycles. The van der Waals surface area contributed by atoms with E-state index < -0.39 is 0 Å². The molecule has 0 unspecified atom stereocenters. The molecule has 2 heteroatoms. The van der Waals surface area contributed by atoms with E-state index in [1.807, 2.05) is 14.1 Å². The van der Waals surface area contributed by atoms with Crippen LogP contribution in [0.15, 0.2) is 24.3 Å². The molecule has 0 spiro atoms. The number of hydrogen-bond donors (Lipinski definition) is 0. The van der Waals surface area contributed by atoms with Gasteiger partial charge in [-0.3, -0.25) is 0 Å². The van der Waals surface area contributed by atoms with Gasteiger partial charge in [0, 0.05) is 19.8 Å². The fourth-order valence-electron chi connectivity index (χ4n) is 0.879. The summed E-state index contributed by atoms with van der Waals surface area (Å²) in [6.07, 6.45) is 0. The molecule has 12 heavy (non-hydrogen) atoms. The number of halogens is 1. The first-order chi connectivity index (χ1) is 5.61. The van der Waals surface area contributed by atoms with Crippen LogP contribution in [0.2, 0.25) is 0 Å². The lowest BCUT2D eigenvalue weighted by atomic mass is 10.1. The fourth-order valence-corrected chi connectivity index (χ4v) is 0.879. The van der Waals surface area contributed by atoms with Crippen molar-refractivity contribution in [3.63, 3.8) is 0 Å². The van der Waals surface area contributed by atoms with Gasteiger partial charge in [0.05, 0.1) is 0 Å². The number of rotatable bonds is 2. The quantitative estimate of drug-likeness (QED) is 0.647. The topological polar surface area (TPSA) is 3.24 Å². The molecule has 0 aromatic heterocycles. The van der Waals surface area contributed by atoms with E-state index in [9.17, 15) is 4.39 Å². The van der Waals surface area contributed by atoms with Crippen molar-refractivity contribution in [3.05, 3.63) is 42.2 Å². The Bertz CT molecular complexity index is 274. The predicted octanol–water partition coefficient (Wildman–Crippen LogP) is 2.16. The van der Waals surface area contributed by atoms with Gasteiger partial charge in [0.2, 0.25) is 0 Å². The Kier molecular flexibility index (Phi) is 2.48. The Hall–Kier alpha value is -1.31. The van der Waals surface area contributed by atoms with Gasteiger partial charge in [0.1, 0.15) is 5.82 Å². The van der Waals surface area contributed by atoms with E-state index in [4.69, 9.17) is 6.58 Å². The molecule has 0 heterocycles. The van der Waals surface area contributed by atoms with Crippen molar-refractivity contribution < 1.29 is 4.39 Å². The summed E-state index contributed by atoms with van der Waals surface area (Å²) >= 11 is 0. The molecule has 0 saturated carbocycles. The van der Waals surface area contributed by atoms with E-state index >= 15 is 0 Å². The Balaban J connectivity index is 2.90. The molecule has 0 N–H and O–H groups in total. The SMILES string of the molecule is [CH]=C(c1ccc(F)cc1)N(C)C. The van der Waals surface area contributed by atoms with Crippen LogP contribution in [-0.4, -0.2) is 19.0 Å². The summed E-state index contributed by atoms with van der Waals surface area (Å²) in [6.45, 7) is 5.71. The van der Waals surface area contributed by atoms with Gasteiger partial charge in [-0.2, -0.15) is 0 Å². The standard InChI is InChI=1S/C10H11FN/c1-8(12(2)3)9-4-6-10(11)7-5-9/h1,4-7H,2-3H3. The minimum atomic E-state index is -0.245. The predicted molar refractivity (Wildman–Crippen MR) is 47.8 cm³/mol. The number of benzene rings is 1. The van der Waals surface area contributed by atoms with Crippen LogP contribution in [0.3, 0.4) is 0 Å². The van der Waals surface area contributed by atoms with Crippen molar-refractivity contribution >= 4 is 5.70 Å². The smallest absolute Gasteiger partial charge is 0.123 e. The maximum absolute atomic E-state index is 12.5. The van der Waals surface area contributed by atoms with Gasteiger partial charge in [-0.05, 0) is 36.4 Å². The average Bonchev–Trinajstić information content (AvgIpc) is 2.04. The van der Waals surface area contributed by atoms with Crippen LogP contribution in [0.25, 0.3) is 5.70 Å². The Morgan fingerprint density at radius 1 is 1.25 bits per heavy atom. The second-order valence-electron chi connectivity index (χ2n) is 2.79. The van der Waals surface area contributed by atoms with Crippen LogP contribution in [0, 0.1) is 12.4 Å². The van der Waals surface area contributed by atoms with Crippen molar-refractivity contribution in [1.29, 1.82) is 0 Å².